The Hall–Kier alpha value is -1.51. The Bertz CT molecular complexity index is 395. The maximum absolute atomic E-state index is 11.0. The van der Waals surface area contributed by atoms with Crippen molar-refractivity contribution in [3.63, 3.8) is 0 Å². The molecule has 0 radical (unpaired) electrons. The number of benzene rings is 1. The fraction of sp³-hybridized carbons (Fsp3) is 0.462. The van der Waals surface area contributed by atoms with Crippen molar-refractivity contribution in [3.8, 4) is 11.5 Å². The van der Waals surface area contributed by atoms with Gasteiger partial charge in [0.25, 0.3) is 0 Å². The third-order valence-corrected chi connectivity index (χ3v) is 2.72. The van der Waals surface area contributed by atoms with Crippen LogP contribution in [0.15, 0.2) is 6.07 Å². The zero-order valence-corrected chi connectivity index (χ0v) is 10.5. The van der Waals surface area contributed by atoms with Crippen LogP contribution in [0.2, 0.25) is 0 Å². The number of rotatable bonds is 4. The molecule has 88 valence electrons. The minimum absolute atomic E-state index is 0.322. The number of methoxy groups -OCH3 is 2. The molecule has 0 aliphatic heterocycles. The minimum atomic E-state index is 0.322. The number of hydrogen-bond acceptors (Lipinski definition) is 3. The van der Waals surface area contributed by atoms with E-state index in [0.29, 0.717) is 17.2 Å². The van der Waals surface area contributed by atoms with Gasteiger partial charge >= 0.3 is 0 Å². The van der Waals surface area contributed by atoms with Crippen molar-refractivity contribution < 1.29 is 14.3 Å². The van der Waals surface area contributed by atoms with E-state index in [0.717, 1.165) is 23.2 Å². The molecule has 1 aromatic carbocycles. The first-order valence-electron chi connectivity index (χ1n) is 5.27. The van der Waals surface area contributed by atoms with Crippen LogP contribution in [0.5, 0.6) is 11.5 Å². The van der Waals surface area contributed by atoms with Crippen molar-refractivity contribution in [2.45, 2.75) is 26.7 Å². The van der Waals surface area contributed by atoms with Crippen LogP contribution < -0.4 is 9.47 Å². The van der Waals surface area contributed by atoms with Crippen LogP contribution in [0.4, 0.5) is 0 Å². The van der Waals surface area contributed by atoms with Gasteiger partial charge in [-0.05, 0) is 18.9 Å². The minimum Gasteiger partial charge on any atom is -0.496 e. The summed E-state index contributed by atoms with van der Waals surface area (Å²) < 4.78 is 10.6. The highest BCUT2D eigenvalue weighted by molar-refractivity contribution is 5.83. The van der Waals surface area contributed by atoms with E-state index in [4.69, 9.17) is 9.47 Å². The zero-order chi connectivity index (χ0) is 12.3. The molecule has 3 nitrogen and oxygen atoms in total. The van der Waals surface area contributed by atoms with Gasteiger partial charge in [0, 0.05) is 11.1 Å². The first-order valence-corrected chi connectivity index (χ1v) is 5.27. The summed E-state index contributed by atoms with van der Waals surface area (Å²) in [5.74, 6) is 1.71. The van der Waals surface area contributed by atoms with E-state index in [-0.39, 0.29) is 0 Å². The lowest BCUT2D eigenvalue weighted by Crippen LogP contribution is -2.02. The number of carbonyl (C=O) groups is 1. The van der Waals surface area contributed by atoms with Crippen molar-refractivity contribution in [2.24, 2.45) is 0 Å². The van der Waals surface area contributed by atoms with Gasteiger partial charge in [-0.25, -0.2) is 0 Å². The maximum Gasteiger partial charge on any atom is 0.154 e. The second-order valence-corrected chi connectivity index (χ2v) is 4.01. The van der Waals surface area contributed by atoms with E-state index in [9.17, 15) is 4.79 Å². The van der Waals surface area contributed by atoms with Gasteiger partial charge in [-0.2, -0.15) is 0 Å². The summed E-state index contributed by atoms with van der Waals surface area (Å²) in [6.07, 6.45) is 0.806. The molecular formula is C13H18O3. The average molecular weight is 222 g/mol. The first-order chi connectivity index (χ1) is 7.56. The summed E-state index contributed by atoms with van der Waals surface area (Å²) in [7, 11) is 3.19. The SMILES string of the molecule is COc1cc(C(C)C)c(OC)c(C)c1C=O. The summed E-state index contributed by atoms with van der Waals surface area (Å²) in [6, 6.07) is 1.88. The van der Waals surface area contributed by atoms with Gasteiger partial charge in [0.1, 0.15) is 11.5 Å². The summed E-state index contributed by atoms with van der Waals surface area (Å²) in [6.45, 7) is 6.03. The molecule has 0 aliphatic carbocycles. The molecule has 0 heterocycles. The first kappa shape index (κ1) is 12.6. The number of ether oxygens (including phenoxy) is 2. The lowest BCUT2D eigenvalue weighted by molar-refractivity contribution is 0.111. The van der Waals surface area contributed by atoms with Gasteiger partial charge in [0.05, 0.1) is 19.8 Å². The van der Waals surface area contributed by atoms with E-state index in [1.165, 1.54) is 0 Å². The largest absolute Gasteiger partial charge is 0.496 e. The summed E-state index contributed by atoms with van der Waals surface area (Å²) >= 11 is 0. The number of carbonyl (C=O) groups excluding carboxylic acids is 1. The molecule has 16 heavy (non-hydrogen) atoms. The molecule has 1 aromatic rings. The summed E-state index contributed by atoms with van der Waals surface area (Å²) in [4.78, 5) is 11.0. The predicted molar refractivity (Wildman–Crippen MR) is 63.8 cm³/mol. The molecule has 0 aliphatic rings. The van der Waals surface area contributed by atoms with E-state index >= 15 is 0 Å². The second kappa shape index (κ2) is 5.01. The molecule has 0 fully saturated rings. The van der Waals surface area contributed by atoms with Crippen LogP contribution >= 0.6 is 0 Å². The number of aldehydes is 1. The fourth-order valence-electron chi connectivity index (χ4n) is 1.82. The van der Waals surface area contributed by atoms with Crippen LogP contribution in [0.1, 0.15) is 41.3 Å². The van der Waals surface area contributed by atoms with E-state index in [2.05, 4.69) is 13.8 Å². The monoisotopic (exact) mass is 222 g/mol. The predicted octanol–water partition coefficient (Wildman–Crippen LogP) is 2.95. The molecule has 0 N–H and O–H groups in total. The van der Waals surface area contributed by atoms with Gasteiger partial charge in [-0.1, -0.05) is 13.8 Å². The van der Waals surface area contributed by atoms with Crippen LogP contribution in [0.3, 0.4) is 0 Å². The molecule has 0 atom stereocenters. The second-order valence-electron chi connectivity index (χ2n) is 4.01. The summed E-state index contributed by atoms with van der Waals surface area (Å²) in [5.41, 5.74) is 2.45. The van der Waals surface area contributed by atoms with E-state index in [1.54, 1.807) is 14.2 Å². The smallest absolute Gasteiger partial charge is 0.154 e. The molecule has 0 unspecified atom stereocenters. The number of hydrogen-bond donors (Lipinski definition) is 0. The topological polar surface area (TPSA) is 35.5 Å². The highest BCUT2D eigenvalue weighted by Crippen LogP contribution is 2.36. The van der Waals surface area contributed by atoms with Crippen molar-refractivity contribution in [1.82, 2.24) is 0 Å². The van der Waals surface area contributed by atoms with Crippen molar-refractivity contribution in [2.75, 3.05) is 14.2 Å². The zero-order valence-electron chi connectivity index (χ0n) is 10.5. The Morgan fingerprint density at radius 2 is 1.88 bits per heavy atom. The van der Waals surface area contributed by atoms with Gasteiger partial charge in [0.15, 0.2) is 6.29 Å². The third-order valence-electron chi connectivity index (χ3n) is 2.72. The maximum atomic E-state index is 11.0. The van der Waals surface area contributed by atoms with Gasteiger partial charge in [0.2, 0.25) is 0 Å². The molecule has 0 saturated carbocycles. The molecule has 0 amide bonds. The fourth-order valence-corrected chi connectivity index (χ4v) is 1.82. The van der Waals surface area contributed by atoms with Crippen molar-refractivity contribution in [3.05, 3.63) is 22.8 Å². The highest BCUT2D eigenvalue weighted by atomic mass is 16.5. The molecule has 0 aromatic heterocycles. The van der Waals surface area contributed by atoms with Gasteiger partial charge in [-0.3, -0.25) is 4.79 Å². The lowest BCUT2D eigenvalue weighted by atomic mass is 9.95. The van der Waals surface area contributed by atoms with Gasteiger partial charge in [-0.15, -0.1) is 0 Å². The Morgan fingerprint density at radius 1 is 1.25 bits per heavy atom. The molecule has 3 heteroatoms. The standard InChI is InChI=1S/C13H18O3/c1-8(2)10-6-12(15-4)11(7-14)9(3)13(10)16-5/h6-8H,1-5H3. The third kappa shape index (κ3) is 2.03. The van der Waals surface area contributed by atoms with Crippen LogP contribution in [0.25, 0.3) is 0 Å². The Balaban J connectivity index is 3.53. The molecule has 0 saturated heterocycles. The van der Waals surface area contributed by atoms with Crippen LogP contribution in [-0.2, 0) is 0 Å². The Kier molecular flexibility index (Phi) is 3.93. The lowest BCUT2D eigenvalue weighted by Gasteiger charge is -2.18. The van der Waals surface area contributed by atoms with Crippen LogP contribution in [0, 0.1) is 6.92 Å². The molecule has 0 spiro atoms. The van der Waals surface area contributed by atoms with E-state index in [1.807, 2.05) is 13.0 Å². The average Bonchev–Trinajstić information content (AvgIpc) is 2.27. The Morgan fingerprint density at radius 3 is 2.25 bits per heavy atom. The van der Waals surface area contributed by atoms with Gasteiger partial charge < -0.3 is 9.47 Å². The highest BCUT2D eigenvalue weighted by Gasteiger charge is 2.17. The normalized spacial score (nSPS) is 10.4. The van der Waals surface area contributed by atoms with Crippen LogP contribution in [-0.4, -0.2) is 20.5 Å². The van der Waals surface area contributed by atoms with Crippen molar-refractivity contribution in [1.29, 1.82) is 0 Å². The summed E-state index contributed by atoms with van der Waals surface area (Å²) in [5, 5.41) is 0. The van der Waals surface area contributed by atoms with Crippen molar-refractivity contribution >= 4 is 6.29 Å². The quantitative estimate of drug-likeness (QED) is 0.735. The molecular weight excluding hydrogens is 204 g/mol. The van der Waals surface area contributed by atoms with E-state index < -0.39 is 0 Å². The molecule has 1 rings (SSSR count). The Labute approximate surface area is 96.4 Å². The molecule has 0 bridgehead atoms.